The fraction of sp³-hybridized carbons (Fsp3) is 0.389. The quantitative estimate of drug-likeness (QED) is 0.648. The van der Waals surface area contributed by atoms with Gasteiger partial charge in [0.25, 0.3) is 11.5 Å². The van der Waals surface area contributed by atoms with Gasteiger partial charge in [-0.15, -0.1) is 11.3 Å². The van der Waals surface area contributed by atoms with Crippen LogP contribution in [0.2, 0.25) is 0 Å². The first-order chi connectivity index (χ1) is 12.6. The molecule has 0 radical (unpaired) electrons. The molecular weight excluding hydrogens is 370 g/mol. The number of thiophene rings is 1. The van der Waals surface area contributed by atoms with E-state index in [0.717, 1.165) is 40.8 Å². The van der Waals surface area contributed by atoms with Crippen molar-refractivity contribution in [2.24, 2.45) is 0 Å². The van der Waals surface area contributed by atoms with Crippen LogP contribution in [0.15, 0.2) is 21.5 Å². The Bertz CT molecular complexity index is 1100. The van der Waals surface area contributed by atoms with Gasteiger partial charge in [0.1, 0.15) is 10.6 Å². The van der Waals surface area contributed by atoms with Gasteiger partial charge in [-0.1, -0.05) is 12.8 Å². The SMILES string of the molecule is Cc1occc1C(=O)Nn1c(=S)[nH]c2sc3c(c2c1=O)CCCCCC3. The van der Waals surface area contributed by atoms with Crippen LogP contribution < -0.4 is 11.0 Å². The van der Waals surface area contributed by atoms with E-state index in [2.05, 4.69) is 10.4 Å². The Morgan fingerprint density at radius 1 is 1.31 bits per heavy atom. The minimum atomic E-state index is -0.421. The highest BCUT2D eigenvalue weighted by molar-refractivity contribution is 7.71. The second kappa shape index (κ2) is 6.85. The second-order valence-electron chi connectivity index (χ2n) is 6.52. The van der Waals surface area contributed by atoms with Gasteiger partial charge in [0.2, 0.25) is 4.77 Å². The summed E-state index contributed by atoms with van der Waals surface area (Å²) in [7, 11) is 0. The van der Waals surface area contributed by atoms with Gasteiger partial charge in [-0.2, -0.15) is 4.68 Å². The third-order valence-corrected chi connectivity index (χ3v) is 6.32. The molecule has 0 fully saturated rings. The monoisotopic (exact) mass is 389 g/mol. The van der Waals surface area contributed by atoms with Gasteiger partial charge < -0.3 is 9.40 Å². The fourth-order valence-electron chi connectivity index (χ4n) is 3.47. The van der Waals surface area contributed by atoms with E-state index in [1.807, 2.05) is 0 Å². The van der Waals surface area contributed by atoms with E-state index >= 15 is 0 Å². The van der Waals surface area contributed by atoms with Crippen LogP contribution in [0, 0.1) is 11.7 Å². The third-order valence-electron chi connectivity index (χ3n) is 4.83. The van der Waals surface area contributed by atoms with Gasteiger partial charge in [0.15, 0.2) is 0 Å². The maximum absolute atomic E-state index is 13.1. The van der Waals surface area contributed by atoms with E-state index in [4.69, 9.17) is 16.6 Å². The molecule has 136 valence electrons. The van der Waals surface area contributed by atoms with Crippen molar-refractivity contribution in [1.82, 2.24) is 9.66 Å². The van der Waals surface area contributed by atoms with Crippen molar-refractivity contribution in [2.45, 2.75) is 45.4 Å². The van der Waals surface area contributed by atoms with Crippen LogP contribution in [0.25, 0.3) is 10.2 Å². The molecule has 0 aliphatic heterocycles. The van der Waals surface area contributed by atoms with Gasteiger partial charge >= 0.3 is 0 Å². The number of carbonyl (C=O) groups excluding carboxylic acids is 1. The summed E-state index contributed by atoms with van der Waals surface area (Å²) in [6.45, 7) is 1.70. The topological polar surface area (TPSA) is 80.0 Å². The highest BCUT2D eigenvalue weighted by Crippen LogP contribution is 2.32. The summed E-state index contributed by atoms with van der Waals surface area (Å²) < 4.78 is 6.48. The smallest absolute Gasteiger partial charge is 0.282 e. The van der Waals surface area contributed by atoms with Gasteiger partial charge in [0, 0.05) is 4.88 Å². The summed E-state index contributed by atoms with van der Waals surface area (Å²) >= 11 is 6.93. The van der Waals surface area contributed by atoms with Crippen LogP contribution >= 0.6 is 23.6 Å². The summed E-state index contributed by atoms with van der Waals surface area (Å²) in [6, 6.07) is 1.57. The van der Waals surface area contributed by atoms with Crippen LogP contribution in [-0.2, 0) is 12.8 Å². The summed E-state index contributed by atoms with van der Waals surface area (Å²) in [5, 5.41) is 0.657. The number of furan rings is 1. The van der Waals surface area contributed by atoms with Crippen LogP contribution in [0.3, 0.4) is 0 Å². The molecule has 4 rings (SSSR count). The molecule has 6 nitrogen and oxygen atoms in total. The van der Waals surface area contributed by atoms with Gasteiger partial charge in [0.05, 0.1) is 17.2 Å². The molecule has 3 aromatic heterocycles. The first-order valence-corrected chi connectivity index (χ1v) is 9.94. The van der Waals surface area contributed by atoms with Crippen LogP contribution in [-0.4, -0.2) is 15.6 Å². The lowest BCUT2D eigenvalue weighted by molar-refractivity contribution is 0.100. The number of aromatic nitrogens is 2. The number of hydrogen-bond acceptors (Lipinski definition) is 5. The van der Waals surface area contributed by atoms with Crippen molar-refractivity contribution in [3.63, 3.8) is 0 Å². The number of aromatic amines is 1. The lowest BCUT2D eigenvalue weighted by Crippen LogP contribution is -2.34. The molecule has 26 heavy (non-hydrogen) atoms. The normalized spacial score (nSPS) is 14.7. The number of H-pyrrole nitrogens is 1. The Hall–Kier alpha value is -2.19. The number of carbonyl (C=O) groups is 1. The Morgan fingerprint density at radius 3 is 2.81 bits per heavy atom. The summed E-state index contributed by atoms with van der Waals surface area (Å²) in [4.78, 5) is 30.8. The zero-order chi connectivity index (χ0) is 18.3. The maximum Gasteiger partial charge on any atom is 0.282 e. The molecule has 8 heteroatoms. The molecule has 2 N–H and O–H groups in total. The minimum absolute atomic E-state index is 0.186. The average molecular weight is 390 g/mol. The van der Waals surface area contributed by atoms with E-state index in [1.54, 1.807) is 24.3 Å². The maximum atomic E-state index is 13.1. The Kier molecular flexibility index (Phi) is 4.54. The number of aryl methyl sites for hydroxylation is 3. The number of hydrogen-bond donors (Lipinski definition) is 2. The minimum Gasteiger partial charge on any atom is -0.469 e. The molecule has 0 unspecified atom stereocenters. The predicted octanol–water partition coefficient (Wildman–Crippen LogP) is 4.06. The zero-order valence-electron chi connectivity index (χ0n) is 14.4. The van der Waals surface area contributed by atoms with Crippen molar-refractivity contribution in [2.75, 3.05) is 5.43 Å². The van der Waals surface area contributed by atoms with Crippen molar-refractivity contribution >= 4 is 39.7 Å². The highest BCUT2D eigenvalue weighted by atomic mass is 32.1. The Balaban J connectivity index is 1.82. The molecule has 3 aromatic rings. The van der Waals surface area contributed by atoms with Crippen molar-refractivity contribution in [3.8, 4) is 0 Å². The number of nitrogens with one attached hydrogen (secondary N) is 2. The van der Waals surface area contributed by atoms with Crippen molar-refractivity contribution in [3.05, 3.63) is 49.2 Å². The molecular formula is C18H19N3O3S2. The molecule has 0 spiro atoms. The Labute approximate surface area is 158 Å². The fourth-order valence-corrected chi connectivity index (χ4v) is 5.05. The molecule has 0 atom stereocenters. The first-order valence-electron chi connectivity index (χ1n) is 8.71. The summed E-state index contributed by atoms with van der Waals surface area (Å²) in [6.07, 6.45) is 7.97. The molecule has 1 aliphatic rings. The van der Waals surface area contributed by atoms with Crippen LogP contribution in [0.4, 0.5) is 0 Å². The number of fused-ring (bicyclic) bond motifs is 3. The van der Waals surface area contributed by atoms with E-state index in [1.165, 1.54) is 24.0 Å². The third kappa shape index (κ3) is 2.93. The molecule has 3 heterocycles. The molecule has 1 aliphatic carbocycles. The average Bonchev–Trinajstić information content (AvgIpc) is 3.15. The zero-order valence-corrected chi connectivity index (χ0v) is 16.0. The number of rotatable bonds is 2. The van der Waals surface area contributed by atoms with Crippen LogP contribution in [0.5, 0.6) is 0 Å². The Morgan fingerprint density at radius 2 is 2.08 bits per heavy atom. The van der Waals surface area contributed by atoms with E-state index < -0.39 is 5.91 Å². The van der Waals surface area contributed by atoms with E-state index in [-0.39, 0.29) is 10.3 Å². The van der Waals surface area contributed by atoms with Crippen LogP contribution in [0.1, 0.15) is 52.2 Å². The lowest BCUT2D eigenvalue weighted by atomic mass is 9.98. The van der Waals surface area contributed by atoms with Gasteiger partial charge in [-0.05, 0) is 56.5 Å². The second-order valence-corrected chi connectivity index (χ2v) is 8.02. The first kappa shape index (κ1) is 17.2. The molecule has 0 aromatic carbocycles. The number of nitrogens with zero attached hydrogens (tertiary/aromatic N) is 1. The molecule has 0 saturated carbocycles. The molecule has 1 amide bonds. The standard InChI is InChI=1S/C18H19N3O3S2/c1-10-11(8-9-24-10)15(22)20-21-17(23)14-12-6-4-2-3-5-7-13(12)26-16(14)19-18(21)25/h8-9H,2-7H2,1H3,(H,19,25)(H,20,22). The van der Waals surface area contributed by atoms with Crippen molar-refractivity contribution < 1.29 is 9.21 Å². The highest BCUT2D eigenvalue weighted by Gasteiger charge is 2.20. The summed E-state index contributed by atoms with van der Waals surface area (Å²) in [5.41, 5.74) is 3.84. The van der Waals surface area contributed by atoms with Gasteiger partial charge in [-0.3, -0.25) is 15.0 Å². The van der Waals surface area contributed by atoms with Crippen molar-refractivity contribution in [1.29, 1.82) is 0 Å². The summed E-state index contributed by atoms with van der Waals surface area (Å²) in [5.74, 6) is 0.0718. The van der Waals surface area contributed by atoms with E-state index in [9.17, 15) is 9.59 Å². The molecule has 0 saturated heterocycles. The number of amides is 1. The van der Waals surface area contributed by atoms with E-state index in [0.29, 0.717) is 16.7 Å². The molecule has 0 bridgehead atoms. The lowest BCUT2D eigenvalue weighted by Gasteiger charge is -2.10. The largest absolute Gasteiger partial charge is 0.469 e. The predicted molar refractivity (Wildman–Crippen MR) is 104 cm³/mol. The van der Waals surface area contributed by atoms with Gasteiger partial charge in [-0.25, -0.2) is 0 Å².